The molecule has 0 unspecified atom stereocenters. The van der Waals surface area contributed by atoms with E-state index in [-0.39, 0.29) is 42.8 Å². The van der Waals surface area contributed by atoms with Crippen molar-refractivity contribution in [1.82, 2.24) is 0 Å². The summed E-state index contributed by atoms with van der Waals surface area (Å²) < 4.78 is 25.9. The van der Waals surface area contributed by atoms with Crippen LogP contribution in [0.25, 0.3) is 0 Å². The molecule has 0 saturated carbocycles. The number of esters is 1. The topological polar surface area (TPSA) is 155 Å². The van der Waals surface area contributed by atoms with Crippen molar-refractivity contribution in [3.63, 3.8) is 0 Å². The molecule has 10 heteroatoms. The minimum atomic E-state index is -0.953. The first-order valence-electron chi connectivity index (χ1n) is 22.1. The van der Waals surface area contributed by atoms with E-state index in [1.807, 2.05) is 26.0 Å². The maximum atomic E-state index is 13.7. The predicted octanol–water partition coefficient (Wildman–Crippen LogP) is 7.58. The van der Waals surface area contributed by atoms with E-state index >= 15 is 0 Å². The van der Waals surface area contributed by atoms with Gasteiger partial charge in [-0.15, -0.1) is 0 Å². The van der Waals surface area contributed by atoms with Gasteiger partial charge < -0.3 is 44.5 Å². The number of carbonyl (C=O) groups is 1. The summed E-state index contributed by atoms with van der Waals surface area (Å²) in [5.41, 5.74) is 0. The fourth-order valence-corrected chi connectivity index (χ4v) is 8.94. The Kier molecular flexibility index (Phi) is 21.3. The number of aliphatic hydroxyl groups is 5. The molecule has 3 aliphatic rings. The lowest BCUT2D eigenvalue weighted by molar-refractivity contribution is -0.349. The molecule has 2 fully saturated rings. The number of rotatable bonds is 8. The second-order valence-electron chi connectivity index (χ2n) is 17.8. The Morgan fingerprint density at radius 2 is 1.59 bits per heavy atom. The Balaban J connectivity index is 1.96. The minimum Gasteiger partial charge on any atom is -0.459 e. The standard InChI is InChI=1S/C46H80O10/c1-9-11-14-18-37-41-22-21-35(10-2)17-15-12-13-16-19-38(48)33(6)39(49)27-36(53-8)28-40(50)34(7)45(52)31(4)20-23-44(51)54-43(37)29-46(55-41)25-24-30(3)42(56-46)26-32(5)47/h12-13,15,17,20,23,30-43,45,47-50,52H,9-11,14,16,18-19,21-22,24-29H2,1-8H3/t30-,31-,32+,33+,34-,35-,36+,37+,38+,39-,40+,41-,42-,43-,45+,46-/m0/s1. The number of hydrogen-bond acceptors (Lipinski definition) is 10. The highest BCUT2D eigenvalue weighted by atomic mass is 16.7. The Labute approximate surface area is 339 Å². The molecule has 2 bridgehead atoms. The van der Waals surface area contributed by atoms with Crippen molar-refractivity contribution in [2.24, 2.45) is 35.5 Å². The highest BCUT2D eigenvalue weighted by Gasteiger charge is 2.52. The van der Waals surface area contributed by atoms with Crippen LogP contribution in [0.15, 0.2) is 36.5 Å². The molecular weight excluding hydrogens is 712 g/mol. The second-order valence-corrected chi connectivity index (χ2v) is 17.8. The van der Waals surface area contributed by atoms with Crippen LogP contribution in [0.2, 0.25) is 0 Å². The molecule has 3 aliphatic heterocycles. The first-order valence-corrected chi connectivity index (χ1v) is 22.1. The summed E-state index contributed by atoms with van der Waals surface area (Å²) in [5.74, 6) is -2.21. The Morgan fingerprint density at radius 1 is 0.875 bits per heavy atom. The Hall–Kier alpha value is -1.63. The summed E-state index contributed by atoms with van der Waals surface area (Å²) in [6, 6.07) is 0. The smallest absolute Gasteiger partial charge is 0.330 e. The number of hydrogen-bond donors (Lipinski definition) is 5. The van der Waals surface area contributed by atoms with Crippen LogP contribution in [0.1, 0.15) is 145 Å². The fraction of sp³-hybridized carbons (Fsp3) is 0.848. The van der Waals surface area contributed by atoms with Gasteiger partial charge in [-0.2, -0.15) is 0 Å². The summed E-state index contributed by atoms with van der Waals surface area (Å²) in [4.78, 5) is 13.7. The van der Waals surface area contributed by atoms with Gasteiger partial charge in [0.05, 0.1) is 48.8 Å². The van der Waals surface area contributed by atoms with E-state index in [2.05, 4.69) is 32.9 Å². The van der Waals surface area contributed by atoms with Gasteiger partial charge in [-0.25, -0.2) is 4.79 Å². The molecule has 56 heavy (non-hydrogen) atoms. The van der Waals surface area contributed by atoms with Crippen molar-refractivity contribution in [2.45, 2.75) is 206 Å². The largest absolute Gasteiger partial charge is 0.459 e. The van der Waals surface area contributed by atoms with E-state index in [0.29, 0.717) is 38.0 Å². The summed E-state index contributed by atoms with van der Waals surface area (Å²) >= 11 is 0. The zero-order chi connectivity index (χ0) is 41.4. The fourth-order valence-electron chi connectivity index (χ4n) is 8.94. The van der Waals surface area contributed by atoms with Crippen LogP contribution in [0.5, 0.6) is 0 Å². The summed E-state index contributed by atoms with van der Waals surface area (Å²) in [6.07, 6.45) is 17.1. The molecule has 5 N–H and O–H groups in total. The highest BCUT2D eigenvalue weighted by Crippen LogP contribution is 2.47. The maximum absolute atomic E-state index is 13.7. The molecule has 0 aromatic carbocycles. The van der Waals surface area contributed by atoms with Crippen molar-refractivity contribution in [3.8, 4) is 0 Å². The number of unbranched alkanes of at least 4 members (excludes halogenated alkanes) is 2. The average molecular weight is 793 g/mol. The molecule has 3 heterocycles. The molecule has 324 valence electrons. The number of ether oxygens (including phenoxy) is 4. The van der Waals surface area contributed by atoms with Gasteiger partial charge in [0.15, 0.2) is 5.79 Å². The van der Waals surface area contributed by atoms with E-state index in [9.17, 15) is 30.3 Å². The van der Waals surface area contributed by atoms with Crippen LogP contribution in [-0.4, -0.2) is 99.3 Å². The zero-order valence-electron chi connectivity index (χ0n) is 36.0. The molecule has 0 radical (unpaired) electrons. The van der Waals surface area contributed by atoms with Crippen LogP contribution in [-0.2, 0) is 23.7 Å². The van der Waals surface area contributed by atoms with Gasteiger partial charge in [-0.05, 0) is 83.0 Å². The minimum absolute atomic E-state index is 0.0121. The lowest BCUT2D eigenvalue weighted by atomic mass is 9.77. The quantitative estimate of drug-likeness (QED) is 0.123. The molecule has 10 nitrogen and oxygen atoms in total. The highest BCUT2D eigenvalue weighted by molar-refractivity contribution is 5.82. The summed E-state index contributed by atoms with van der Waals surface area (Å²) in [6.45, 7) is 13.7. The number of fused-ring (bicyclic) bond motifs is 2. The van der Waals surface area contributed by atoms with Crippen molar-refractivity contribution >= 4 is 5.97 Å². The number of methoxy groups -OCH3 is 1. The van der Waals surface area contributed by atoms with E-state index in [0.717, 1.165) is 51.4 Å². The predicted molar refractivity (Wildman–Crippen MR) is 221 cm³/mol. The number of allylic oxidation sites excluding steroid dienone is 4. The maximum Gasteiger partial charge on any atom is 0.330 e. The second kappa shape index (κ2) is 24.5. The van der Waals surface area contributed by atoms with Crippen LogP contribution in [0.4, 0.5) is 0 Å². The zero-order valence-corrected chi connectivity index (χ0v) is 36.0. The molecule has 0 amide bonds. The molecule has 3 rings (SSSR count). The van der Waals surface area contributed by atoms with Crippen LogP contribution in [0, 0.1) is 35.5 Å². The van der Waals surface area contributed by atoms with E-state index < -0.39 is 66.3 Å². The number of aliphatic hydroxyl groups excluding tert-OH is 5. The van der Waals surface area contributed by atoms with Gasteiger partial charge >= 0.3 is 5.97 Å². The third-order valence-electron chi connectivity index (χ3n) is 13.2. The third kappa shape index (κ3) is 15.2. The monoisotopic (exact) mass is 793 g/mol. The normalized spacial score (nSPS) is 41.0. The molecular formula is C46H80O10. The van der Waals surface area contributed by atoms with Crippen LogP contribution in [0.3, 0.4) is 0 Å². The van der Waals surface area contributed by atoms with Crippen molar-refractivity contribution in [3.05, 3.63) is 36.5 Å². The summed E-state index contributed by atoms with van der Waals surface area (Å²) in [5, 5.41) is 54.6. The molecule has 0 aliphatic carbocycles. The van der Waals surface area contributed by atoms with Gasteiger partial charge in [-0.1, -0.05) is 91.2 Å². The number of carbonyl (C=O) groups excluding carboxylic acids is 1. The third-order valence-corrected chi connectivity index (χ3v) is 13.2. The van der Waals surface area contributed by atoms with E-state index in [1.54, 1.807) is 19.9 Å². The van der Waals surface area contributed by atoms with Crippen molar-refractivity contribution in [2.75, 3.05) is 7.11 Å². The molecule has 16 atom stereocenters. The summed E-state index contributed by atoms with van der Waals surface area (Å²) in [7, 11) is 1.54. The Bertz CT molecular complexity index is 1200. The van der Waals surface area contributed by atoms with Crippen LogP contribution >= 0.6 is 0 Å². The van der Waals surface area contributed by atoms with Crippen molar-refractivity contribution in [1.29, 1.82) is 0 Å². The lowest BCUT2D eigenvalue weighted by Crippen LogP contribution is -2.58. The lowest BCUT2D eigenvalue weighted by Gasteiger charge is -2.52. The molecule has 0 aromatic heterocycles. The Morgan fingerprint density at radius 3 is 2.25 bits per heavy atom. The average Bonchev–Trinajstić information content (AvgIpc) is 3.16. The van der Waals surface area contributed by atoms with Gasteiger partial charge in [-0.3, -0.25) is 0 Å². The van der Waals surface area contributed by atoms with Crippen LogP contribution < -0.4 is 0 Å². The van der Waals surface area contributed by atoms with Gasteiger partial charge in [0.25, 0.3) is 0 Å². The van der Waals surface area contributed by atoms with E-state index in [4.69, 9.17) is 18.9 Å². The van der Waals surface area contributed by atoms with Gasteiger partial charge in [0, 0.05) is 49.7 Å². The van der Waals surface area contributed by atoms with E-state index in [1.165, 1.54) is 13.2 Å². The first kappa shape index (κ1) is 48.7. The van der Waals surface area contributed by atoms with Gasteiger partial charge in [0.2, 0.25) is 0 Å². The molecule has 2 saturated heterocycles. The SMILES string of the molecule is CCCCC[C@H]1[C@@H]2C[C@@]3(CC[C@H](C)[C@H](C[C@@H](C)O)O3)O[C@H]1CC[C@@H](CC)C=CC=CCC[C@@H](O)[C@@H](C)[C@@H](O)C[C@@H](OC)C[C@@H](O)[C@H](C)[C@H](O)[C@@H](C)C=CC(=O)O2. The van der Waals surface area contributed by atoms with Crippen molar-refractivity contribution < 1.29 is 49.3 Å². The molecule has 1 spiro atoms. The first-order chi connectivity index (χ1) is 26.6. The molecule has 0 aromatic rings. The van der Waals surface area contributed by atoms with Gasteiger partial charge in [0.1, 0.15) is 6.10 Å².